The molecule has 1 amide bonds. The van der Waals surface area contributed by atoms with E-state index in [0.29, 0.717) is 13.0 Å². The summed E-state index contributed by atoms with van der Waals surface area (Å²) >= 11 is 0. The molecule has 0 bridgehead atoms. The molecule has 3 heterocycles. The van der Waals surface area contributed by atoms with Crippen molar-refractivity contribution in [1.82, 2.24) is 30.4 Å². The Morgan fingerprint density at radius 2 is 1.80 bits per heavy atom. The molecule has 0 saturated carbocycles. The predicted molar refractivity (Wildman–Crippen MR) is 160 cm³/mol. The summed E-state index contributed by atoms with van der Waals surface area (Å²) in [6, 6.07) is 26.2. The molecule has 1 aliphatic rings. The van der Waals surface area contributed by atoms with Gasteiger partial charge in [0.05, 0.1) is 25.7 Å². The average molecular weight is 549 g/mol. The lowest BCUT2D eigenvalue weighted by Gasteiger charge is -2.22. The van der Waals surface area contributed by atoms with E-state index in [0.717, 1.165) is 71.7 Å². The topological polar surface area (TPSA) is 96.9 Å². The van der Waals surface area contributed by atoms with Crippen LogP contribution in [-0.2, 0) is 30.6 Å². The Morgan fingerprint density at radius 1 is 1.00 bits per heavy atom. The number of aromatic nitrogens is 4. The highest BCUT2D eigenvalue weighted by Crippen LogP contribution is 2.26. The number of ether oxygens (including phenoxy) is 1. The van der Waals surface area contributed by atoms with Gasteiger partial charge in [-0.3, -0.25) is 4.79 Å². The van der Waals surface area contributed by atoms with Gasteiger partial charge in [-0.2, -0.15) is 0 Å². The molecule has 8 heteroatoms. The minimum absolute atomic E-state index is 0.0113. The van der Waals surface area contributed by atoms with Crippen molar-refractivity contribution in [3.05, 3.63) is 113 Å². The molecule has 2 atom stereocenters. The lowest BCUT2D eigenvalue weighted by Crippen LogP contribution is -2.43. The Morgan fingerprint density at radius 3 is 2.59 bits per heavy atom. The molecule has 41 heavy (non-hydrogen) atoms. The minimum Gasteiger partial charge on any atom is -0.497 e. The van der Waals surface area contributed by atoms with E-state index >= 15 is 0 Å². The third-order valence-corrected chi connectivity index (χ3v) is 7.94. The number of nitrogens with zero attached hydrogens (tertiary/aromatic N) is 3. The largest absolute Gasteiger partial charge is 0.497 e. The minimum atomic E-state index is -0.347. The van der Waals surface area contributed by atoms with Crippen LogP contribution in [0, 0.1) is 0 Å². The number of H-pyrrole nitrogens is 1. The van der Waals surface area contributed by atoms with Gasteiger partial charge in [-0.1, -0.05) is 60.7 Å². The van der Waals surface area contributed by atoms with E-state index < -0.39 is 0 Å². The SMILES string of the molecule is COc1ccc(Cn2c(CCc3ccccc3)nnc2[C@@H](Cc2c[nH]c3ccccc23)NC(=O)C2CCCN2)cc1. The molecule has 3 aromatic carbocycles. The molecule has 0 aliphatic carbocycles. The second kappa shape index (κ2) is 12.4. The summed E-state index contributed by atoms with van der Waals surface area (Å²) in [7, 11) is 1.67. The third kappa shape index (κ3) is 6.18. The van der Waals surface area contributed by atoms with Gasteiger partial charge in [0, 0.05) is 29.9 Å². The first-order chi connectivity index (χ1) is 20.2. The van der Waals surface area contributed by atoms with E-state index in [1.807, 2.05) is 36.5 Å². The van der Waals surface area contributed by atoms with Crippen molar-refractivity contribution in [2.24, 2.45) is 0 Å². The van der Waals surface area contributed by atoms with E-state index in [1.54, 1.807) is 7.11 Å². The molecule has 2 aromatic heterocycles. The number of rotatable bonds is 11. The number of aryl methyl sites for hydroxylation is 2. The van der Waals surface area contributed by atoms with E-state index in [-0.39, 0.29) is 18.0 Å². The molecule has 0 spiro atoms. The van der Waals surface area contributed by atoms with E-state index in [9.17, 15) is 4.79 Å². The summed E-state index contributed by atoms with van der Waals surface area (Å²) in [5, 5.41) is 17.3. The molecular weight excluding hydrogens is 512 g/mol. The van der Waals surface area contributed by atoms with Crippen LogP contribution in [0.2, 0.25) is 0 Å². The fraction of sp³-hybridized carbons (Fsp3) is 0.303. The van der Waals surface area contributed by atoms with Crippen LogP contribution in [0.3, 0.4) is 0 Å². The van der Waals surface area contributed by atoms with Gasteiger partial charge < -0.3 is 24.9 Å². The third-order valence-electron chi connectivity index (χ3n) is 7.94. The Bertz CT molecular complexity index is 1590. The molecule has 3 N–H and O–H groups in total. The molecule has 8 nitrogen and oxygen atoms in total. The summed E-state index contributed by atoms with van der Waals surface area (Å²) in [5.74, 6) is 2.49. The fourth-order valence-corrected chi connectivity index (χ4v) is 5.69. The monoisotopic (exact) mass is 548 g/mol. The fourth-order valence-electron chi connectivity index (χ4n) is 5.69. The van der Waals surface area contributed by atoms with Gasteiger partial charge in [-0.25, -0.2) is 0 Å². The Kier molecular flexibility index (Phi) is 8.09. The normalized spacial score (nSPS) is 15.7. The predicted octanol–water partition coefficient (Wildman–Crippen LogP) is 4.75. The van der Waals surface area contributed by atoms with E-state index in [1.165, 1.54) is 5.56 Å². The second-order valence-electron chi connectivity index (χ2n) is 10.7. The lowest BCUT2D eigenvalue weighted by molar-refractivity contribution is -0.123. The number of carbonyl (C=O) groups excluding carboxylic acids is 1. The molecule has 1 saturated heterocycles. The highest BCUT2D eigenvalue weighted by atomic mass is 16.5. The van der Waals surface area contributed by atoms with E-state index in [4.69, 9.17) is 14.9 Å². The van der Waals surface area contributed by atoms with Crippen molar-refractivity contribution < 1.29 is 9.53 Å². The standard InChI is InChI=1S/C33H36N6O2/c1-41-26-16-13-24(14-17-26)22-39-31(18-15-23-8-3-2-4-9-23)37-38-32(39)30(36-33(40)29-12-7-19-34-29)20-25-21-35-28-11-6-5-10-27(25)28/h2-6,8-11,13-14,16-17,21,29-30,34-35H,7,12,15,18-20,22H2,1H3,(H,36,40)/t29?,30-/m1/s1. The number of fused-ring (bicyclic) bond motifs is 1. The quantitative estimate of drug-likeness (QED) is 0.221. The first-order valence-electron chi connectivity index (χ1n) is 14.4. The van der Waals surface area contributed by atoms with Gasteiger partial charge in [-0.15, -0.1) is 10.2 Å². The lowest BCUT2D eigenvalue weighted by atomic mass is 10.0. The van der Waals surface area contributed by atoms with Crippen LogP contribution in [0.15, 0.2) is 85.1 Å². The summed E-state index contributed by atoms with van der Waals surface area (Å²) < 4.78 is 7.56. The van der Waals surface area contributed by atoms with Gasteiger partial charge in [-0.05, 0) is 60.7 Å². The van der Waals surface area contributed by atoms with Crippen LogP contribution in [-0.4, -0.2) is 45.4 Å². The summed E-state index contributed by atoms with van der Waals surface area (Å²) in [6.45, 7) is 1.46. The Balaban J connectivity index is 1.36. The van der Waals surface area contributed by atoms with Gasteiger partial charge in [0.15, 0.2) is 5.82 Å². The number of aromatic amines is 1. The van der Waals surface area contributed by atoms with Crippen LogP contribution in [0.25, 0.3) is 10.9 Å². The zero-order valence-electron chi connectivity index (χ0n) is 23.3. The summed E-state index contributed by atoms with van der Waals surface area (Å²) in [5.41, 5.74) is 4.58. The Labute approximate surface area is 240 Å². The van der Waals surface area contributed by atoms with E-state index in [2.05, 4.69) is 68.7 Å². The highest BCUT2D eigenvalue weighted by Gasteiger charge is 2.29. The summed E-state index contributed by atoms with van der Waals surface area (Å²) in [4.78, 5) is 16.8. The van der Waals surface area contributed by atoms with Crippen molar-refractivity contribution in [3.8, 4) is 5.75 Å². The Hall–Kier alpha value is -4.43. The number of hydrogen-bond acceptors (Lipinski definition) is 5. The van der Waals surface area contributed by atoms with Gasteiger partial charge in [0.25, 0.3) is 0 Å². The molecule has 1 unspecified atom stereocenters. The molecule has 1 aliphatic heterocycles. The van der Waals surface area contributed by atoms with Crippen LogP contribution in [0.4, 0.5) is 0 Å². The molecule has 6 rings (SSSR count). The second-order valence-corrected chi connectivity index (χ2v) is 10.7. The maximum absolute atomic E-state index is 13.4. The van der Waals surface area contributed by atoms with Crippen LogP contribution in [0.5, 0.6) is 5.75 Å². The smallest absolute Gasteiger partial charge is 0.237 e. The number of benzene rings is 3. The molecule has 5 aromatic rings. The first kappa shape index (κ1) is 26.8. The highest BCUT2D eigenvalue weighted by molar-refractivity contribution is 5.84. The zero-order valence-corrected chi connectivity index (χ0v) is 23.3. The van der Waals surface area contributed by atoms with Crippen LogP contribution in [0.1, 0.15) is 47.2 Å². The maximum Gasteiger partial charge on any atom is 0.237 e. The molecule has 1 fully saturated rings. The maximum atomic E-state index is 13.4. The van der Waals surface area contributed by atoms with Crippen molar-refractivity contribution in [1.29, 1.82) is 0 Å². The number of hydrogen-bond donors (Lipinski definition) is 3. The van der Waals surface area contributed by atoms with Crippen molar-refractivity contribution >= 4 is 16.8 Å². The van der Waals surface area contributed by atoms with Crippen molar-refractivity contribution in [2.45, 2.75) is 50.7 Å². The number of amides is 1. The van der Waals surface area contributed by atoms with Crippen molar-refractivity contribution in [2.75, 3.05) is 13.7 Å². The number of nitrogens with one attached hydrogen (secondary N) is 3. The van der Waals surface area contributed by atoms with Gasteiger partial charge in [0.1, 0.15) is 11.6 Å². The first-order valence-corrected chi connectivity index (χ1v) is 14.4. The summed E-state index contributed by atoms with van der Waals surface area (Å²) in [6.07, 6.45) is 6.08. The van der Waals surface area contributed by atoms with Gasteiger partial charge >= 0.3 is 0 Å². The molecular formula is C33H36N6O2. The number of methoxy groups -OCH3 is 1. The molecule has 0 radical (unpaired) electrons. The average Bonchev–Trinajstić information content (AvgIpc) is 3.78. The number of para-hydroxylation sites is 1. The van der Waals surface area contributed by atoms with Crippen LogP contribution < -0.4 is 15.4 Å². The molecule has 210 valence electrons. The van der Waals surface area contributed by atoms with Crippen molar-refractivity contribution in [3.63, 3.8) is 0 Å². The van der Waals surface area contributed by atoms with Crippen LogP contribution >= 0.6 is 0 Å². The zero-order chi connectivity index (χ0) is 28.0. The van der Waals surface area contributed by atoms with Gasteiger partial charge in [0.2, 0.25) is 5.91 Å². The number of carbonyl (C=O) groups is 1.